The standard InChI is InChI=1S/C10H15N3.C2HF3O2/c1-2-8(1)6-13-7-12-9-5-11-4-3-10(9)13;3-2(4,5)1(6)7/h7-8,11H,1-6H2;(H,6,7). The van der Waals surface area contributed by atoms with E-state index in [0.29, 0.717) is 0 Å². The third-order valence-electron chi connectivity index (χ3n) is 3.26. The van der Waals surface area contributed by atoms with E-state index in [1.54, 1.807) is 0 Å². The van der Waals surface area contributed by atoms with Crippen molar-refractivity contribution in [2.24, 2.45) is 5.92 Å². The zero-order valence-electron chi connectivity index (χ0n) is 10.8. The summed E-state index contributed by atoms with van der Waals surface area (Å²) in [7, 11) is 0. The molecule has 1 aromatic rings. The van der Waals surface area contributed by atoms with Crippen molar-refractivity contribution >= 4 is 5.97 Å². The minimum Gasteiger partial charge on any atom is -0.475 e. The largest absolute Gasteiger partial charge is 0.490 e. The van der Waals surface area contributed by atoms with Gasteiger partial charge in [-0.3, -0.25) is 0 Å². The van der Waals surface area contributed by atoms with Gasteiger partial charge in [-0.1, -0.05) is 0 Å². The molecule has 1 fully saturated rings. The second-order valence-electron chi connectivity index (χ2n) is 4.96. The lowest BCUT2D eigenvalue weighted by Crippen LogP contribution is -2.25. The normalized spacial score (nSPS) is 17.9. The van der Waals surface area contributed by atoms with E-state index >= 15 is 0 Å². The Morgan fingerprint density at radius 3 is 2.70 bits per heavy atom. The van der Waals surface area contributed by atoms with Crippen LogP contribution in [0.4, 0.5) is 13.2 Å². The molecule has 0 radical (unpaired) electrons. The average molecular weight is 291 g/mol. The molecular weight excluding hydrogens is 275 g/mol. The summed E-state index contributed by atoms with van der Waals surface area (Å²) in [6.07, 6.45) is 0.939. The van der Waals surface area contributed by atoms with Crippen molar-refractivity contribution in [2.75, 3.05) is 6.54 Å². The summed E-state index contributed by atoms with van der Waals surface area (Å²) in [5, 5.41) is 10.5. The molecule has 2 heterocycles. The van der Waals surface area contributed by atoms with Crippen molar-refractivity contribution in [3.8, 4) is 0 Å². The molecule has 0 amide bonds. The Morgan fingerprint density at radius 2 is 2.15 bits per heavy atom. The number of carbonyl (C=O) groups is 1. The van der Waals surface area contributed by atoms with Crippen molar-refractivity contribution in [1.29, 1.82) is 0 Å². The minimum absolute atomic E-state index is 0.952. The van der Waals surface area contributed by atoms with E-state index < -0.39 is 12.1 Å². The Bertz CT molecular complexity index is 481. The van der Waals surface area contributed by atoms with Crippen LogP contribution in [0.25, 0.3) is 0 Å². The van der Waals surface area contributed by atoms with Gasteiger partial charge in [-0.05, 0) is 18.8 Å². The topological polar surface area (TPSA) is 67.1 Å². The first-order valence-electron chi connectivity index (χ1n) is 6.41. The van der Waals surface area contributed by atoms with Gasteiger partial charge in [-0.25, -0.2) is 9.78 Å². The lowest BCUT2D eigenvalue weighted by atomic mass is 10.2. The fourth-order valence-corrected chi connectivity index (χ4v) is 2.03. The molecule has 0 bridgehead atoms. The molecule has 1 aromatic heterocycles. The SMILES string of the molecule is O=C(O)C(F)(F)F.c1nc2c(n1CC1CC1)CCNC2. The Balaban J connectivity index is 0.000000182. The number of halogens is 3. The third kappa shape index (κ3) is 3.96. The molecule has 112 valence electrons. The highest BCUT2D eigenvalue weighted by Gasteiger charge is 2.38. The number of aliphatic carboxylic acids is 1. The lowest BCUT2D eigenvalue weighted by Gasteiger charge is -2.14. The van der Waals surface area contributed by atoms with Crippen molar-refractivity contribution in [2.45, 2.75) is 38.5 Å². The van der Waals surface area contributed by atoms with Crippen LogP contribution in [0, 0.1) is 5.92 Å². The summed E-state index contributed by atoms with van der Waals surface area (Å²) in [6, 6.07) is 0. The van der Waals surface area contributed by atoms with Gasteiger partial charge in [-0.2, -0.15) is 13.2 Å². The highest BCUT2D eigenvalue weighted by Crippen LogP contribution is 2.31. The first-order chi connectivity index (χ1) is 9.38. The molecule has 0 unspecified atom stereocenters. The Labute approximate surface area is 113 Å². The summed E-state index contributed by atoms with van der Waals surface area (Å²) in [5.74, 6) is -1.80. The third-order valence-corrected chi connectivity index (χ3v) is 3.26. The minimum atomic E-state index is -5.08. The number of aromatic nitrogens is 2. The van der Waals surface area contributed by atoms with Crippen LogP contribution in [0.15, 0.2) is 6.33 Å². The molecule has 0 atom stereocenters. The van der Waals surface area contributed by atoms with Gasteiger partial charge in [0.2, 0.25) is 0 Å². The maximum absolute atomic E-state index is 10.6. The number of rotatable bonds is 2. The number of hydrogen-bond acceptors (Lipinski definition) is 3. The molecule has 5 nitrogen and oxygen atoms in total. The van der Waals surface area contributed by atoms with E-state index in [-0.39, 0.29) is 0 Å². The maximum atomic E-state index is 10.6. The quantitative estimate of drug-likeness (QED) is 0.868. The average Bonchev–Trinajstić information content (AvgIpc) is 3.10. The van der Waals surface area contributed by atoms with E-state index in [4.69, 9.17) is 9.90 Å². The molecule has 1 aliphatic carbocycles. The number of imidazole rings is 1. The molecule has 2 N–H and O–H groups in total. The van der Waals surface area contributed by atoms with E-state index in [2.05, 4.69) is 14.9 Å². The van der Waals surface area contributed by atoms with E-state index in [1.165, 1.54) is 30.8 Å². The monoisotopic (exact) mass is 291 g/mol. The van der Waals surface area contributed by atoms with Crippen LogP contribution < -0.4 is 5.32 Å². The number of hydrogen-bond donors (Lipinski definition) is 2. The van der Waals surface area contributed by atoms with Crippen LogP contribution >= 0.6 is 0 Å². The van der Waals surface area contributed by atoms with Gasteiger partial charge in [0.1, 0.15) is 0 Å². The van der Waals surface area contributed by atoms with Crippen LogP contribution in [-0.2, 0) is 24.3 Å². The number of nitrogens with zero attached hydrogens (tertiary/aromatic N) is 2. The molecule has 20 heavy (non-hydrogen) atoms. The molecule has 1 aliphatic heterocycles. The Kier molecular flexibility index (Phi) is 4.32. The molecule has 2 aliphatic rings. The van der Waals surface area contributed by atoms with Crippen LogP contribution in [0.3, 0.4) is 0 Å². The highest BCUT2D eigenvalue weighted by atomic mass is 19.4. The molecule has 8 heteroatoms. The first-order valence-corrected chi connectivity index (χ1v) is 6.41. The second kappa shape index (κ2) is 5.82. The van der Waals surface area contributed by atoms with Crippen LogP contribution in [0.1, 0.15) is 24.2 Å². The zero-order valence-corrected chi connectivity index (χ0v) is 10.8. The number of carboxylic acids is 1. The summed E-state index contributed by atoms with van der Waals surface area (Å²) < 4.78 is 34.1. The van der Waals surface area contributed by atoms with Crippen molar-refractivity contribution in [3.05, 3.63) is 17.7 Å². The van der Waals surface area contributed by atoms with Crippen molar-refractivity contribution < 1.29 is 23.1 Å². The first kappa shape index (κ1) is 14.8. The van der Waals surface area contributed by atoms with Gasteiger partial charge in [0.05, 0.1) is 12.0 Å². The van der Waals surface area contributed by atoms with E-state index in [1.807, 2.05) is 6.33 Å². The number of carboxylic acid groups (broad SMARTS) is 1. The fraction of sp³-hybridized carbons (Fsp3) is 0.667. The van der Waals surface area contributed by atoms with Gasteiger partial charge in [0.25, 0.3) is 0 Å². The summed E-state index contributed by atoms with van der Waals surface area (Å²) in [6.45, 7) is 3.29. The predicted molar refractivity (Wildman–Crippen MR) is 64.1 cm³/mol. The summed E-state index contributed by atoms with van der Waals surface area (Å²) in [4.78, 5) is 13.3. The van der Waals surface area contributed by atoms with E-state index in [0.717, 1.165) is 25.4 Å². The Hall–Kier alpha value is -1.57. The molecule has 0 spiro atoms. The van der Waals surface area contributed by atoms with Crippen molar-refractivity contribution in [3.63, 3.8) is 0 Å². The highest BCUT2D eigenvalue weighted by molar-refractivity contribution is 5.73. The molecule has 0 saturated heterocycles. The fourth-order valence-electron chi connectivity index (χ4n) is 2.03. The van der Waals surface area contributed by atoms with Crippen LogP contribution in [0.2, 0.25) is 0 Å². The van der Waals surface area contributed by atoms with Crippen molar-refractivity contribution in [1.82, 2.24) is 14.9 Å². The van der Waals surface area contributed by atoms with Gasteiger partial charge in [-0.15, -0.1) is 0 Å². The number of alkyl halides is 3. The smallest absolute Gasteiger partial charge is 0.475 e. The predicted octanol–water partition coefficient (Wildman–Crippen LogP) is 1.57. The van der Waals surface area contributed by atoms with Gasteiger partial charge >= 0.3 is 12.1 Å². The van der Waals surface area contributed by atoms with Gasteiger partial charge < -0.3 is 15.0 Å². The summed E-state index contributed by atoms with van der Waals surface area (Å²) in [5.41, 5.74) is 2.75. The zero-order chi connectivity index (χ0) is 14.8. The maximum Gasteiger partial charge on any atom is 0.490 e. The van der Waals surface area contributed by atoms with E-state index in [9.17, 15) is 13.2 Å². The molecule has 1 saturated carbocycles. The molecular formula is C12H16F3N3O2. The Morgan fingerprint density at radius 1 is 1.50 bits per heavy atom. The number of fused-ring (bicyclic) bond motifs is 1. The van der Waals surface area contributed by atoms with Gasteiger partial charge in [0.15, 0.2) is 0 Å². The molecule has 3 rings (SSSR count). The lowest BCUT2D eigenvalue weighted by molar-refractivity contribution is -0.192. The molecule has 0 aromatic carbocycles. The van der Waals surface area contributed by atoms with Crippen LogP contribution in [-0.4, -0.2) is 33.3 Å². The second-order valence-corrected chi connectivity index (χ2v) is 4.96. The number of nitrogens with one attached hydrogen (secondary N) is 1. The summed E-state index contributed by atoms with van der Waals surface area (Å²) >= 11 is 0. The van der Waals surface area contributed by atoms with Gasteiger partial charge in [0, 0.05) is 31.7 Å². The van der Waals surface area contributed by atoms with Crippen LogP contribution in [0.5, 0.6) is 0 Å².